The van der Waals surface area contributed by atoms with Crippen molar-refractivity contribution in [2.45, 2.75) is 45.4 Å². The molecular weight excluding hydrogens is 576 g/mol. The molecule has 7 nitrogen and oxygen atoms in total. The number of carbonyl (C=O) groups is 1. The van der Waals surface area contributed by atoms with Crippen LogP contribution in [0, 0.1) is 13.8 Å². The van der Waals surface area contributed by atoms with Gasteiger partial charge in [-0.1, -0.05) is 43.4 Å². The Morgan fingerprint density at radius 1 is 0.976 bits per heavy atom. The topological polar surface area (TPSA) is 73.8 Å². The highest BCUT2D eigenvalue weighted by atomic mass is 35.5. The molecule has 1 aliphatic rings. The molecule has 0 spiro atoms. The van der Waals surface area contributed by atoms with Crippen LogP contribution in [-0.4, -0.2) is 56.9 Å². The maximum absolute atomic E-state index is 13.9. The maximum Gasteiger partial charge on any atom is 0.264 e. The number of benzene rings is 3. The molecule has 1 aliphatic heterocycles. The minimum Gasteiger partial charge on any atom is -0.302 e. The molecule has 0 atom stereocenters. The van der Waals surface area contributed by atoms with Gasteiger partial charge in [0.05, 0.1) is 20.8 Å². The highest BCUT2D eigenvalue weighted by molar-refractivity contribution is 7.92. The van der Waals surface area contributed by atoms with E-state index in [9.17, 15) is 13.2 Å². The van der Waals surface area contributed by atoms with Gasteiger partial charge in [-0.05, 0) is 98.9 Å². The van der Waals surface area contributed by atoms with Gasteiger partial charge in [-0.15, -0.1) is 12.4 Å². The van der Waals surface area contributed by atoms with Crippen LogP contribution in [0.5, 0.6) is 0 Å². The molecule has 0 aliphatic carbocycles. The number of aryl methyl sites for hydroxylation is 3. The number of anilines is 2. The summed E-state index contributed by atoms with van der Waals surface area (Å²) in [5.74, 6) is -0.188. The molecule has 1 amide bonds. The Labute approximate surface area is 253 Å². The number of fused-ring (bicyclic) bond motifs is 2. The first-order valence-corrected chi connectivity index (χ1v) is 16.1. The maximum atomic E-state index is 13.9. The van der Waals surface area contributed by atoms with Crippen molar-refractivity contribution < 1.29 is 13.2 Å². The van der Waals surface area contributed by atoms with E-state index in [-0.39, 0.29) is 23.2 Å². The van der Waals surface area contributed by atoms with Gasteiger partial charge in [-0.3, -0.25) is 14.0 Å². The van der Waals surface area contributed by atoms with Crippen LogP contribution in [0.3, 0.4) is 0 Å². The predicted octanol–water partition coefficient (Wildman–Crippen LogP) is 6.47. The Bertz CT molecular complexity index is 1590. The normalized spacial score (nSPS) is 13.2. The molecule has 2 heterocycles. The number of amides is 1. The Hall–Kier alpha value is -2.98. The fourth-order valence-corrected chi connectivity index (χ4v) is 7.76. The lowest BCUT2D eigenvalue weighted by Gasteiger charge is -2.30. The molecule has 0 unspecified atom stereocenters. The molecule has 41 heavy (non-hydrogen) atoms. The van der Waals surface area contributed by atoms with Crippen molar-refractivity contribution in [2.24, 2.45) is 0 Å². The van der Waals surface area contributed by atoms with Crippen molar-refractivity contribution in [1.29, 1.82) is 0 Å². The summed E-state index contributed by atoms with van der Waals surface area (Å²) in [5.41, 5.74) is 5.44. The van der Waals surface area contributed by atoms with Crippen LogP contribution in [0.25, 0.3) is 10.2 Å². The summed E-state index contributed by atoms with van der Waals surface area (Å²) in [5, 5.41) is 0.652. The Morgan fingerprint density at radius 2 is 1.66 bits per heavy atom. The number of nitrogens with zero attached hydrogens (tertiary/aromatic N) is 4. The van der Waals surface area contributed by atoms with E-state index in [1.54, 1.807) is 29.2 Å². The molecule has 0 fully saturated rings. The van der Waals surface area contributed by atoms with Gasteiger partial charge < -0.3 is 4.90 Å². The van der Waals surface area contributed by atoms with Crippen molar-refractivity contribution in [3.8, 4) is 0 Å². The van der Waals surface area contributed by atoms with Gasteiger partial charge in [0.25, 0.3) is 15.9 Å². The highest BCUT2D eigenvalue weighted by Gasteiger charge is 2.29. The van der Waals surface area contributed by atoms with E-state index in [0.29, 0.717) is 30.3 Å². The molecule has 218 valence electrons. The van der Waals surface area contributed by atoms with E-state index in [1.807, 2.05) is 24.3 Å². The fraction of sp³-hybridized carbons (Fsp3) is 0.355. The molecule has 0 N–H and O–H groups in total. The van der Waals surface area contributed by atoms with Crippen LogP contribution in [0.2, 0.25) is 0 Å². The minimum atomic E-state index is -3.75. The monoisotopic (exact) mass is 612 g/mol. The molecule has 0 radical (unpaired) electrons. The van der Waals surface area contributed by atoms with Gasteiger partial charge in [0.2, 0.25) is 0 Å². The van der Waals surface area contributed by atoms with Crippen LogP contribution in [-0.2, 0) is 16.4 Å². The van der Waals surface area contributed by atoms with Crippen molar-refractivity contribution in [2.75, 3.05) is 41.9 Å². The Balaban J connectivity index is 0.00000387. The van der Waals surface area contributed by atoms with Crippen molar-refractivity contribution in [1.82, 2.24) is 9.88 Å². The molecule has 3 aromatic carbocycles. The average Bonchev–Trinajstić information content (AvgIpc) is 3.37. The lowest BCUT2D eigenvalue weighted by Crippen LogP contribution is -2.39. The third kappa shape index (κ3) is 6.28. The zero-order valence-electron chi connectivity index (χ0n) is 24.0. The second-order valence-corrected chi connectivity index (χ2v) is 13.1. The van der Waals surface area contributed by atoms with Gasteiger partial charge in [0.1, 0.15) is 0 Å². The number of rotatable bonds is 9. The molecular formula is C31H37ClN4O3S2. The smallest absolute Gasteiger partial charge is 0.264 e. The van der Waals surface area contributed by atoms with E-state index < -0.39 is 10.0 Å². The van der Waals surface area contributed by atoms with Crippen LogP contribution in [0.1, 0.15) is 47.3 Å². The SMILES string of the molecule is CCN(CC)CCN(C(=O)c1ccc(S(=O)(=O)N2CCCc3ccccc32)cc1)c1nc2cc(C)c(C)cc2s1.Cl. The first-order chi connectivity index (χ1) is 19.2. The van der Waals surface area contributed by atoms with Crippen LogP contribution in [0.15, 0.2) is 65.6 Å². The molecule has 10 heteroatoms. The van der Waals surface area contributed by atoms with Gasteiger partial charge in [-0.2, -0.15) is 0 Å². The first-order valence-electron chi connectivity index (χ1n) is 13.9. The van der Waals surface area contributed by atoms with E-state index in [0.717, 1.165) is 47.4 Å². The second kappa shape index (κ2) is 12.9. The zero-order valence-corrected chi connectivity index (χ0v) is 26.4. The van der Waals surface area contributed by atoms with Crippen LogP contribution in [0.4, 0.5) is 10.8 Å². The minimum absolute atomic E-state index is 0. The van der Waals surface area contributed by atoms with Gasteiger partial charge in [-0.25, -0.2) is 13.4 Å². The van der Waals surface area contributed by atoms with Crippen molar-refractivity contribution >= 4 is 60.7 Å². The van der Waals surface area contributed by atoms with E-state index in [2.05, 4.69) is 44.7 Å². The van der Waals surface area contributed by atoms with Gasteiger partial charge in [0, 0.05) is 25.2 Å². The molecule has 5 rings (SSSR count). The quantitative estimate of drug-likeness (QED) is 0.217. The number of hydrogen-bond acceptors (Lipinski definition) is 6. The lowest BCUT2D eigenvalue weighted by atomic mass is 10.0. The largest absolute Gasteiger partial charge is 0.302 e. The third-order valence-electron chi connectivity index (χ3n) is 7.76. The molecule has 0 saturated heterocycles. The number of hydrogen-bond donors (Lipinski definition) is 0. The highest BCUT2D eigenvalue weighted by Crippen LogP contribution is 2.33. The molecule has 4 aromatic rings. The predicted molar refractivity (Wildman–Crippen MR) is 172 cm³/mol. The number of halogens is 1. The van der Waals surface area contributed by atoms with E-state index in [1.165, 1.54) is 26.8 Å². The number of aromatic nitrogens is 1. The van der Waals surface area contributed by atoms with Crippen LogP contribution < -0.4 is 9.21 Å². The summed E-state index contributed by atoms with van der Waals surface area (Å²) < 4.78 is 29.7. The fourth-order valence-electron chi connectivity index (χ4n) is 5.15. The van der Waals surface area contributed by atoms with Gasteiger partial charge >= 0.3 is 0 Å². The summed E-state index contributed by atoms with van der Waals surface area (Å²) in [4.78, 5) is 22.9. The van der Waals surface area contributed by atoms with Gasteiger partial charge in [0.15, 0.2) is 5.13 Å². The summed E-state index contributed by atoms with van der Waals surface area (Å²) >= 11 is 1.51. The Morgan fingerprint density at radius 3 is 2.37 bits per heavy atom. The summed E-state index contributed by atoms with van der Waals surface area (Å²) in [6.45, 7) is 11.8. The Kier molecular flexibility index (Phi) is 9.74. The van der Waals surface area contributed by atoms with E-state index >= 15 is 0 Å². The zero-order chi connectivity index (χ0) is 28.4. The summed E-state index contributed by atoms with van der Waals surface area (Å²) in [7, 11) is -3.75. The standard InChI is InChI=1S/C31H36N4O3S2.ClH/c1-5-33(6-2)18-19-34(31-32-27-20-22(3)23(4)21-29(27)39-31)30(36)25-13-15-26(16-14-25)40(37,38)35-17-9-11-24-10-7-8-12-28(24)35;/h7-8,10,12-16,20-21H,5-6,9,11,17-19H2,1-4H3;1H. The number of likely N-dealkylation sites (N-methyl/N-ethyl adjacent to an activating group) is 1. The average molecular weight is 613 g/mol. The number of thiazole rings is 1. The second-order valence-electron chi connectivity index (χ2n) is 10.2. The first kappa shape index (κ1) is 31.0. The molecule has 0 saturated carbocycles. The van der Waals surface area contributed by atoms with E-state index in [4.69, 9.17) is 4.98 Å². The molecule has 1 aromatic heterocycles. The number of para-hydroxylation sites is 1. The number of sulfonamides is 1. The summed E-state index contributed by atoms with van der Waals surface area (Å²) in [6, 6.07) is 18.2. The summed E-state index contributed by atoms with van der Waals surface area (Å²) in [6.07, 6.45) is 1.64. The van der Waals surface area contributed by atoms with Crippen molar-refractivity contribution in [3.05, 3.63) is 82.9 Å². The third-order valence-corrected chi connectivity index (χ3v) is 10.6. The van der Waals surface area contributed by atoms with Crippen LogP contribution >= 0.6 is 23.7 Å². The van der Waals surface area contributed by atoms with Crippen molar-refractivity contribution in [3.63, 3.8) is 0 Å². The molecule has 0 bridgehead atoms. The lowest BCUT2D eigenvalue weighted by molar-refractivity contribution is 0.0983. The number of carbonyl (C=O) groups excluding carboxylic acids is 1.